The molecule has 2 rings (SSSR count). The molecule has 1 aromatic heterocycles. The fourth-order valence-electron chi connectivity index (χ4n) is 1.32. The van der Waals surface area contributed by atoms with Crippen molar-refractivity contribution >= 4 is 37.4 Å². The maximum absolute atomic E-state index is 13.1. The minimum atomic E-state index is -0.254. The molecule has 14 heavy (non-hydrogen) atoms. The topological polar surface area (TPSA) is 9.23 Å². The Morgan fingerprint density at radius 1 is 1.43 bits per heavy atom. The third-order valence-electron chi connectivity index (χ3n) is 1.83. The van der Waals surface area contributed by atoms with E-state index in [9.17, 15) is 4.39 Å². The number of benzene rings is 1. The minimum Gasteiger partial charge on any atom is -0.493 e. The summed E-state index contributed by atoms with van der Waals surface area (Å²) in [5.74, 6) is 0.361. The molecule has 2 aromatic rings. The van der Waals surface area contributed by atoms with Crippen LogP contribution in [-0.2, 0) is 0 Å². The Kier molecular flexibility index (Phi) is 2.74. The van der Waals surface area contributed by atoms with Crippen molar-refractivity contribution in [1.29, 1.82) is 0 Å². The third kappa shape index (κ3) is 1.77. The molecule has 0 radical (unpaired) electrons. The van der Waals surface area contributed by atoms with Gasteiger partial charge in [-0.3, -0.25) is 0 Å². The van der Waals surface area contributed by atoms with E-state index in [2.05, 4.69) is 15.9 Å². The van der Waals surface area contributed by atoms with Crippen molar-refractivity contribution in [2.24, 2.45) is 0 Å². The van der Waals surface area contributed by atoms with Crippen molar-refractivity contribution in [2.45, 2.75) is 6.92 Å². The van der Waals surface area contributed by atoms with E-state index in [0.717, 1.165) is 13.9 Å². The molecular formula is C10H8BrFOS. The van der Waals surface area contributed by atoms with Crippen LogP contribution in [0.1, 0.15) is 6.92 Å². The molecular weight excluding hydrogens is 267 g/mol. The van der Waals surface area contributed by atoms with Crippen molar-refractivity contribution in [3.63, 3.8) is 0 Å². The van der Waals surface area contributed by atoms with Crippen molar-refractivity contribution in [1.82, 2.24) is 0 Å². The average molecular weight is 275 g/mol. The minimum absolute atomic E-state index is 0.254. The second kappa shape index (κ2) is 3.87. The standard InChI is InChI=1S/C10H8BrFOS/c1-2-13-8-3-6(12)4-9-7(8)5-10(11)14-9/h3-5H,2H2,1H3. The van der Waals surface area contributed by atoms with Gasteiger partial charge in [0.05, 0.1) is 10.4 Å². The van der Waals surface area contributed by atoms with Crippen LogP contribution < -0.4 is 4.74 Å². The summed E-state index contributed by atoms with van der Waals surface area (Å²) >= 11 is 4.88. The lowest BCUT2D eigenvalue weighted by Gasteiger charge is -2.04. The van der Waals surface area contributed by atoms with Gasteiger partial charge in [0.1, 0.15) is 11.6 Å². The molecule has 1 aromatic carbocycles. The first kappa shape index (κ1) is 9.93. The molecule has 0 bridgehead atoms. The predicted octanol–water partition coefficient (Wildman–Crippen LogP) is 4.20. The smallest absolute Gasteiger partial charge is 0.130 e. The second-order valence-electron chi connectivity index (χ2n) is 2.80. The van der Waals surface area contributed by atoms with Crippen LogP contribution >= 0.6 is 27.3 Å². The summed E-state index contributed by atoms with van der Waals surface area (Å²) in [5, 5.41) is 0.963. The van der Waals surface area contributed by atoms with E-state index in [1.54, 1.807) is 0 Å². The molecule has 0 aliphatic carbocycles. The monoisotopic (exact) mass is 274 g/mol. The van der Waals surface area contributed by atoms with E-state index in [-0.39, 0.29) is 5.82 Å². The van der Waals surface area contributed by atoms with Crippen LogP contribution in [0.2, 0.25) is 0 Å². The summed E-state index contributed by atoms with van der Waals surface area (Å²) in [6, 6.07) is 4.89. The molecule has 0 atom stereocenters. The maximum atomic E-state index is 13.1. The van der Waals surface area contributed by atoms with Gasteiger partial charge < -0.3 is 4.74 Å². The molecule has 0 aliphatic rings. The van der Waals surface area contributed by atoms with Gasteiger partial charge in [-0.2, -0.15) is 0 Å². The quantitative estimate of drug-likeness (QED) is 0.798. The molecule has 0 amide bonds. The summed E-state index contributed by atoms with van der Waals surface area (Å²) < 4.78 is 20.4. The molecule has 0 unspecified atom stereocenters. The summed E-state index contributed by atoms with van der Waals surface area (Å²) in [7, 11) is 0. The SMILES string of the molecule is CCOc1cc(F)cc2sc(Br)cc12. The zero-order chi connectivity index (χ0) is 10.1. The zero-order valence-electron chi connectivity index (χ0n) is 7.51. The molecule has 1 heterocycles. The highest BCUT2D eigenvalue weighted by Gasteiger charge is 2.08. The summed E-state index contributed by atoms with van der Waals surface area (Å²) in [6.07, 6.45) is 0. The molecule has 0 N–H and O–H groups in total. The maximum Gasteiger partial charge on any atom is 0.130 e. The number of halogens is 2. The first-order valence-electron chi connectivity index (χ1n) is 4.22. The van der Waals surface area contributed by atoms with Gasteiger partial charge >= 0.3 is 0 Å². The summed E-state index contributed by atoms with van der Waals surface area (Å²) in [4.78, 5) is 0. The molecule has 0 saturated carbocycles. The summed E-state index contributed by atoms with van der Waals surface area (Å²) in [6.45, 7) is 2.43. The zero-order valence-corrected chi connectivity index (χ0v) is 9.91. The highest BCUT2D eigenvalue weighted by atomic mass is 79.9. The molecule has 4 heteroatoms. The first-order valence-corrected chi connectivity index (χ1v) is 5.83. The lowest BCUT2D eigenvalue weighted by molar-refractivity contribution is 0.342. The normalized spacial score (nSPS) is 10.8. The van der Waals surface area contributed by atoms with Crippen molar-refractivity contribution in [3.8, 4) is 5.75 Å². The first-order chi connectivity index (χ1) is 6.70. The van der Waals surface area contributed by atoms with Gasteiger partial charge in [-0.15, -0.1) is 11.3 Å². The Bertz CT molecular complexity index is 466. The van der Waals surface area contributed by atoms with Crippen molar-refractivity contribution in [2.75, 3.05) is 6.61 Å². The Hall–Kier alpha value is -0.610. The Balaban J connectivity index is 2.66. The number of fused-ring (bicyclic) bond motifs is 1. The van der Waals surface area contributed by atoms with Gasteiger partial charge in [-0.05, 0) is 35.0 Å². The molecule has 0 fully saturated rings. The largest absolute Gasteiger partial charge is 0.493 e. The van der Waals surface area contributed by atoms with Gasteiger partial charge in [0.25, 0.3) is 0 Å². The predicted molar refractivity (Wildman–Crippen MR) is 60.7 cm³/mol. The van der Waals surface area contributed by atoms with Crippen LogP contribution in [0.4, 0.5) is 4.39 Å². The highest BCUT2D eigenvalue weighted by molar-refractivity contribution is 9.11. The Morgan fingerprint density at radius 2 is 2.21 bits per heavy atom. The molecule has 1 nitrogen and oxygen atoms in total. The average Bonchev–Trinajstić information content (AvgIpc) is 2.45. The number of hydrogen-bond donors (Lipinski definition) is 0. The Morgan fingerprint density at radius 3 is 2.93 bits per heavy atom. The number of ether oxygens (including phenoxy) is 1. The van der Waals surface area contributed by atoms with E-state index >= 15 is 0 Å². The fourth-order valence-corrected chi connectivity index (χ4v) is 2.90. The van der Waals surface area contributed by atoms with Crippen LogP contribution in [-0.4, -0.2) is 6.61 Å². The van der Waals surface area contributed by atoms with Crippen molar-refractivity contribution < 1.29 is 9.13 Å². The fraction of sp³-hybridized carbons (Fsp3) is 0.200. The van der Waals surface area contributed by atoms with Crippen LogP contribution in [0.5, 0.6) is 5.75 Å². The second-order valence-corrected chi connectivity index (χ2v) is 5.26. The van der Waals surface area contributed by atoms with Crippen LogP contribution in [0, 0.1) is 5.82 Å². The molecule has 0 aliphatic heterocycles. The van der Waals surface area contributed by atoms with Gasteiger partial charge in [0.15, 0.2) is 0 Å². The van der Waals surface area contributed by atoms with E-state index in [1.807, 2.05) is 13.0 Å². The summed E-state index contributed by atoms with van der Waals surface area (Å²) in [5.41, 5.74) is 0. The molecule has 0 saturated heterocycles. The lowest BCUT2D eigenvalue weighted by atomic mass is 10.2. The molecule has 74 valence electrons. The van der Waals surface area contributed by atoms with Gasteiger partial charge in [0, 0.05) is 16.2 Å². The van der Waals surface area contributed by atoms with Crippen LogP contribution in [0.25, 0.3) is 10.1 Å². The van der Waals surface area contributed by atoms with Gasteiger partial charge in [-0.1, -0.05) is 0 Å². The van der Waals surface area contributed by atoms with Crippen LogP contribution in [0.15, 0.2) is 22.0 Å². The highest BCUT2D eigenvalue weighted by Crippen LogP contribution is 2.36. The van der Waals surface area contributed by atoms with Crippen LogP contribution in [0.3, 0.4) is 0 Å². The van der Waals surface area contributed by atoms with Gasteiger partial charge in [-0.25, -0.2) is 4.39 Å². The van der Waals surface area contributed by atoms with Gasteiger partial charge in [0.2, 0.25) is 0 Å². The number of rotatable bonds is 2. The van der Waals surface area contributed by atoms with E-state index in [4.69, 9.17) is 4.74 Å². The van der Waals surface area contributed by atoms with Crippen molar-refractivity contribution in [3.05, 3.63) is 27.8 Å². The Labute approximate surface area is 93.6 Å². The van der Waals surface area contributed by atoms with E-state index in [1.165, 1.54) is 23.5 Å². The van der Waals surface area contributed by atoms with E-state index < -0.39 is 0 Å². The number of hydrogen-bond acceptors (Lipinski definition) is 2. The third-order valence-corrected chi connectivity index (χ3v) is 3.42. The lowest BCUT2D eigenvalue weighted by Crippen LogP contribution is -1.92. The number of thiophene rings is 1. The van der Waals surface area contributed by atoms with E-state index in [0.29, 0.717) is 12.4 Å². The molecule has 0 spiro atoms.